The van der Waals surface area contributed by atoms with Crippen molar-refractivity contribution >= 4 is 28.2 Å². The number of aromatic nitrogens is 2. The van der Waals surface area contributed by atoms with Gasteiger partial charge in [0.2, 0.25) is 5.82 Å². The molecule has 5 nitrogen and oxygen atoms in total. The fraction of sp³-hybridized carbons (Fsp3) is 0.333. The average Bonchev–Trinajstić information content (AvgIpc) is 2.74. The van der Waals surface area contributed by atoms with Crippen molar-refractivity contribution in [2.24, 2.45) is 5.73 Å². The summed E-state index contributed by atoms with van der Waals surface area (Å²) >= 11 is 4.72. The van der Waals surface area contributed by atoms with Crippen LogP contribution in [0.1, 0.15) is 5.82 Å². The summed E-state index contributed by atoms with van der Waals surface area (Å²) in [6, 6.07) is 2.89. The predicted molar refractivity (Wildman–Crippen MR) is 72.5 cm³/mol. The topological polar surface area (TPSA) is 62.3 Å². The second-order valence-corrected chi connectivity index (χ2v) is 4.99. The van der Waals surface area contributed by atoms with E-state index in [4.69, 9.17) is 27.4 Å². The smallest absolute Gasteiger partial charge is 0.449 e. The molecule has 0 fully saturated rings. The van der Waals surface area contributed by atoms with Gasteiger partial charge < -0.3 is 19.8 Å². The van der Waals surface area contributed by atoms with Gasteiger partial charge in [-0.1, -0.05) is 12.2 Å². The van der Waals surface area contributed by atoms with Crippen molar-refractivity contribution in [1.29, 1.82) is 0 Å². The van der Waals surface area contributed by atoms with Crippen LogP contribution < -0.4 is 15.2 Å². The molecule has 1 aliphatic heterocycles. The molecule has 0 amide bonds. The summed E-state index contributed by atoms with van der Waals surface area (Å²) in [5, 5.41) is 0. The lowest BCUT2D eigenvalue weighted by Crippen LogP contribution is -2.22. The van der Waals surface area contributed by atoms with Gasteiger partial charge in [-0.05, 0) is 0 Å². The number of alkyl halides is 3. The van der Waals surface area contributed by atoms with Crippen molar-refractivity contribution in [3.05, 3.63) is 18.0 Å². The Labute approximate surface area is 122 Å². The number of nitrogens with two attached hydrogens (primary N) is 1. The fourth-order valence-corrected chi connectivity index (χ4v) is 2.32. The highest BCUT2D eigenvalue weighted by Crippen LogP contribution is 2.37. The largest absolute Gasteiger partial charge is 0.486 e. The van der Waals surface area contributed by atoms with Gasteiger partial charge in [0, 0.05) is 12.1 Å². The molecule has 0 bridgehead atoms. The van der Waals surface area contributed by atoms with Crippen molar-refractivity contribution in [1.82, 2.24) is 9.55 Å². The Balaban J connectivity index is 2.24. The number of fused-ring (bicyclic) bond motifs is 2. The third-order valence-corrected chi connectivity index (χ3v) is 3.11. The summed E-state index contributed by atoms with van der Waals surface area (Å²) < 4.78 is 50.9. The highest BCUT2D eigenvalue weighted by molar-refractivity contribution is 7.80. The zero-order valence-corrected chi connectivity index (χ0v) is 11.4. The van der Waals surface area contributed by atoms with E-state index in [1.54, 1.807) is 0 Å². The average molecular weight is 317 g/mol. The van der Waals surface area contributed by atoms with E-state index in [9.17, 15) is 13.2 Å². The third-order valence-electron chi connectivity index (χ3n) is 2.98. The lowest BCUT2D eigenvalue weighted by Gasteiger charge is -2.18. The number of benzene rings is 1. The molecule has 0 spiro atoms. The van der Waals surface area contributed by atoms with E-state index in [0.717, 1.165) is 4.57 Å². The first kappa shape index (κ1) is 13.9. The minimum atomic E-state index is -4.61. The first-order chi connectivity index (χ1) is 9.86. The van der Waals surface area contributed by atoms with Crippen LogP contribution in [0.2, 0.25) is 0 Å². The van der Waals surface area contributed by atoms with Crippen LogP contribution in [-0.4, -0.2) is 27.8 Å². The highest BCUT2D eigenvalue weighted by atomic mass is 32.1. The van der Waals surface area contributed by atoms with Crippen LogP contribution in [0.5, 0.6) is 11.5 Å². The minimum Gasteiger partial charge on any atom is -0.486 e. The molecule has 112 valence electrons. The van der Waals surface area contributed by atoms with Crippen molar-refractivity contribution in [3.63, 3.8) is 0 Å². The molecule has 0 saturated carbocycles. The third kappa shape index (κ3) is 2.48. The Morgan fingerprint density at radius 3 is 2.48 bits per heavy atom. The predicted octanol–water partition coefficient (Wildman–Crippen LogP) is 2.11. The number of halogens is 3. The Hall–Kier alpha value is -2.03. The SMILES string of the molecule is NC(=S)Cn1c(C(F)(F)F)nc2cc3c(cc21)OCCO3. The number of imidazole rings is 1. The zero-order chi connectivity index (χ0) is 15.2. The van der Waals surface area contributed by atoms with Crippen molar-refractivity contribution in [2.75, 3.05) is 13.2 Å². The number of hydrogen-bond acceptors (Lipinski definition) is 4. The Kier molecular flexibility index (Phi) is 3.16. The van der Waals surface area contributed by atoms with E-state index in [0.29, 0.717) is 24.7 Å². The molecule has 21 heavy (non-hydrogen) atoms. The van der Waals surface area contributed by atoms with Crippen molar-refractivity contribution < 1.29 is 22.6 Å². The van der Waals surface area contributed by atoms with Gasteiger partial charge in [-0.25, -0.2) is 4.98 Å². The normalized spacial score (nSPS) is 14.4. The monoisotopic (exact) mass is 317 g/mol. The number of nitrogens with zero attached hydrogens (tertiary/aromatic N) is 2. The number of thiocarbonyl (C=S) groups is 1. The van der Waals surface area contributed by atoms with Crippen molar-refractivity contribution in [2.45, 2.75) is 12.7 Å². The number of rotatable bonds is 2. The summed E-state index contributed by atoms with van der Waals surface area (Å²) in [4.78, 5) is 3.57. The Bertz CT molecular complexity index is 727. The summed E-state index contributed by atoms with van der Waals surface area (Å²) in [5.41, 5.74) is 5.79. The summed E-state index contributed by atoms with van der Waals surface area (Å²) in [6.07, 6.45) is -4.61. The molecule has 3 rings (SSSR count). The molecule has 2 heterocycles. The molecular weight excluding hydrogens is 307 g/mol. The van der Waals surface area contributed by atoms with Gasteiger partial charge in [-0.15, -0.1) is 0 Å². The molecule has 0 radical (unpaired) electrons. The molecular formula is C12H10F3N3O2S. The molecule has 0 saturated heterocycles. The molecule has 1 aliphatic rings. The van der Waals surface area contributed by atoms with E-state index < -0.39 is 12.0 Å². The van der Waals surface area contributed by atoms with Gasteiger partial charge in [0.1, 0.15) is 13.2 Å². The lowest BCUT2D eigenvalue weighted by atomic mass is 10.2. The van der Waals surface area contributed by atoms with Gasteiger partial charge in [0.15, 0.2) is 11.5 Å². The van der Waals surface area contributed by atoms with Gasteiger partial charge in [0.25, 0.3) is 0 Å². The first-order valence-electron chi connectivity index (χ1n) is 6.01. The maximum absolute atomic E-state index is 13.1. The second kappa shape index (κ2) is 4.76. The maximum Gasteiger partial charge on any atom is 0.449 e. The summed E-state index contributed by atoms with van der Waals surface area (Å²) in [7, 11) is 0. The molecule has 0 unspecified atom stereocenters. The van der Waals surface area contributed by atoms with E-state index in [1.807, 2.05) is 0 Å². The van der Waals surface area contributed by atoms with E-state index in [1.165, 1.54) is 12.1 Å². The molecule has 1 aromatic carbocycles. The van der Waals surface area contributed by atoms with Crippen LogP contribution >= 0.6 is 12.2 Å². The molecule has 2 aromatic rings. The fourth-order valence-electron chi connectivity index (χ4n) is 2.19. The second-order valence-electron chi connectivity index (χ2n) is 4.47. The van der Waals surface area contributed by atoms with Crippen LogP contribution in [0.4, 0.5) is 13.2 Å². The Morgan fingerprint density at radius 2 is 1.90 bits per heavy atom. The van der Waals surface area contributed by atoms with Gasteiger partial charge in [0.05, 0.1) is 22.6 Å². The molecule has 0 atom stereocenters. The first-order valence-corrected chi connectivity index (χ1v) is 6.42. The zero-order valence-electron chi connectivity index (χ0n) is 10.6. The van der Waals surface area contributed by atoms with Gasteiger partial charge in [-0.3, -0.25) is 0 Å². The van der Waals surface area contributed by atoms with Gasteiger partial charge >= 0.3 is 6.18 Å². The van der Waals surface area contributed by atoms with Gasteiger partial charge in [-0.2, -0.15) is 13.2 Å². The summed E-state index contributed by atoms with van der Waals surface area (Å²) in [5.74, 6) is -0.290. The highest BCUT2D eigenvalue weighted by Gasteiger charge is 2.38. The molecule has 2 N–H and O–H groups in total. The molecule has 9 heteroatoms. The summed E-state index contributed by atoms with van der Waals surface area (Å²) in [6.45, 7) is 0.437. The van der Waals surface area contributed by atoms with Crippen LogP contribution in [0.15, 0.2) is 12.1 Å². The van der Waals surface area contributed by atoms with Crippen molar-refractivity contribution in [3.8, 4) is 11.5 Å². The lowest BCUT2D eigenvalue weighted by molar-refractivity contribution is -0.146. The Morgan fingerprint density at radius 1 is 1.29 bits per heavy atom. The number of hydrogen-bond donors (Lipinski definition) is 1. The quantitative estimate of drug-likeness (QED) is 0.860. The van der Waals surface area contributed by atoms with E-state index >= 15 is 0 Å². The minimum absolute atomic E-state index is 0.0605. The molecule has 0 aliphatic carbocycles. The molecule has 1 aromatic heterocycles. The maximum atomic E-state index is 13.1. The van der Waals surface area contributed by atoms with Crippen LogP contribution in [0.25, 0.3) is 11.0 Å². The standard InChI is InChI=1S/C12H10F3N3O2S/c13-12(14,15)11-17-6-3-8-9(20-2-1-19-8)4-7(6)18(11)5-10(16)21/h3-4H,1-2,5H2,(H2,16,21). The number of ether oxygens (including phenoxy) is 2. The van der Waals surface area contributed by atoms with E-state index in [-0.39, 0.29) is 22.6 Å². The van der Waals surface area contributed by atoms with Crippen LogP contribution in [0.3, 0.4) is 0 Å². The van der Waals surface area contributed by atoms with Crippen LogP contribution in [0, 0.1) is 0 Å². The van der Waals surface area contributed by atoms with Crippen LogP contribution in [-0.2, 0) is 12.7 Å². The van der Waals surface area contributed by atoms with E-state index in [2.05, 4.69) is 4.98 Å².